The van der Waals surface area contributed by atoms with E-state index < -0.39 is 23.7 Å². The highest BCUT2D eigenvalue weighted by Crippen LogP contribution is 2.53. The summed E-state index contributed by atoms with van der Waals surface area (Å²) < 4.78 is 31.0. The number of aryl methyl sites for hydroxylation is 1. The number of anilines is 2. The minimum absolute atomic E-state index is 0.255. The molecule has 9 heteroatoms. The van der Waals surface area contributed by atoms with Crippen LogP contribution in [-0.4, -0.2) is 43.2 Å². The molecule has 8 nitrogen and oxygen atoms in total. The topological polar surface area (TPSA) is 114 Å². The number of alkyl halides is 1. The molecule has 0 radical (unpaired) electrons. The van der Waals surface area contributed by atoms with Gasteiger partial charge in [-0.1, -0.05) is 12.1 Å². The lowest BCUT2D eigenvalue weighted by atomic mass is 9.92. The van der Waals surface area contributed by atoms with E-state index >= 15 is 4.39 Å². The van der Waals surface area contributed by atoms with E-state index in [4.69, 9.17) is 20.9 Å². The van der Waals surface area contributed by atoms with Crippen molar-refractivity contribution in [1.29, 1.82) is 0 Å². The Morgan fingerprint density at radius 3 is 2.79 bits per heavy atom. The Hall–Kier alpha value is -3.30. The maximum atomic E-state index is 16.7. The third-order valence-electron chi connectivity index (χ3n) is 7.07. The molecule has 0 bridgehead atoms. The Morgan fingerprint density at radius 2 is 1.94 bits per heavy atom. The molecule has 1 aliphatic heterocycles. The number of nitrogens with zero attached hydrogens (tertiary/aromatic N) is 4. The van der Waals surface area contributed by atoms with E-state index in [0.29, 0.717) is 30.1 Å². The number of ether oxygens (including phenoxy) is 2. The highest BCUT2D eigenvalue weighted by atomic mass is 19.1. The van der Waals surface area contributed by atoms with E-state index in [1.165, 1.54) is 6.33 Å². The zero-order valence-corrected chi connectivity index (χ0v) is 19.1. The van der Waals surface area contributed by atoms with Gasteiger partial charge in [-0.25, -0.2) is 19.3 Å². The molecule has 1 aromatic carbocycles. The molecule has 1 saturated carbocycles. The molecule has 34 heavy (non-hydrogen) atoms. The fraction of sp³-hybridized carbons (Fsp3) is 0.400. The smallest absolute Gasteiger partial charge is 0.164 e. The second kappa shape index (κ2) is 7.35. The van der Waals surface area contributed by atoms with E-state index in [1.807, 2.05) is 54.9 Å². The zero-order chi connectivity index (χ0) is 23.7. The fourth-order valence-corrected chi connectivity index (χ4v) is 5.50. The molecule has 1 aliphatic carbocycles. The average molecular weight is 463 g/mol. The Balaban J connectivity index is 1.31. The van der Waals surface area contributed by atoms with E-state index in [9.17, 15) is 0 Å². The zero-order valence-electron chi connectivity index (χ0n) is 19.1. The molecule has 4 aromatic rings. The summed E-state index contributed by atoms with van der Waals surface area (Å²) in [6, 6.07) is 11.3. The van der Waals surface area contributed by atoms with Crippen LogP contribution in [0.5, 0.6) is 0 Å². The normalized spacial score (nSPS) is 28.0. The second-order valence-corrected chi connectivity index (χ2v) is 9.81. The number of pyridine rings is 1. The SMILES string of the molecule is CC1(C)O[C@H]2[C@H](n3ccc4c(N)ncnc43)C[C@](F)(CCc3ccc4ccc(N)nc4c3)[C@H]2O1. The lowest BCUT2D eigenvalue weighted by Crippen LogP contribution is -2.38. The van der Waals surface area contributed by atoms with Gasteiger partial charge in [-0.05, 0) is 56.5 Å². The highest BCUT2D eigenvalue weighted by Gasteiger charge is 2.62. The van der Waals surface area contributed by atoms with Crippen LogP contribution in [0, 0.1) is 0 Å². The van der Waals surface area contributed by atoms with Gasteiger partial charge in [0.1, 0.15) is 41.5 Å². The number of nitrogen functional groups attached to an aromatic ring is 2. The quantitative estimate of drug-likeness (QED) is 0.472. The molecule has 2 aliphatic rings. The van der Waals surface area contributed by atoms with Crippen LogP contribution in [0.1, 0.15) is 38.3 Å². The Bertz CT molecular complexity index is 1400. The molecule has 176 valence electrons. The van der Waals surface area contributed by atoms with Gasteiger partial charge in [-0.2, -0.15) is 0 Å². The maximum Gasteiger partial charge on any atom is 0.164 e. The van der Waals surface area contributed by atoms with Gasteiger partial charge in [-0.15, -0.1) is 0 Å². The Kier molecular flexibility index (Phi) is 4.59. The van der Waals surface area contributed by atoms with E-state index in [1.54, 1.807) is 6.07 Å². The molecule has 2 fully saturated rings. The third-order valence-corrected chi connectivity index (χ3v) is 7.07. The summed E-state index contributed by atoms with van der Waals surface area (Å²) in [6.45, 7) is 3.66. The van der Waals surface area contributed by atoms with Crippen LogP contribution in [0.25, 0.3) is 21.9 Å². The van der Waals surface area contributed by atoms with Crippen LogP contribution in [0.3, 0.4) is 0 Å². The lowest BCUT2D eigenvalue weighted by Gasteiger charge is -2.28. The number of hydrogen-bond donors (Lipinski definition) is 2. The Labute approximate surface area is 196 Å². The summed E-state index contributed by atoms with van der Waals surface area (Å²) in [5.74, 6) is 0.00156. The fourth-order valence-electron chi connectivity index (χ4n) is 5.50. The lowest BCUT2D eigenvalue weighted by molar-refractivity contribution is -0.172. The minimum atomic E-state index is -1.57. The maximum absolute atomic E-state index is 16.7. The van der Waals surface area contributed by atoms with Crippen molar-refractivity contribution >= 4 is 33.6 Å². The summed E-state index contributed by atoms with van der Waals surface area (Å²) in [7, 11) is 0. The molecule has 0 spiro atoms. The number of aromatic nitrogens is 4. The summed E-state index contributed by atoms with van der Waals surface area (Å²) in [5.41, 5.74) is 12.8. The largest absolute Gasteiger partial charge is 0.384 e. The number of hydrogen-bond acceptors (Lipinski definition) is 7. The average Bonchev–Trinajstić information content (AvgIpc) is 3.44. The highest BCUT2D eigenvalue weighted by molar-refractivity contribution is 5.86. The summed E-state index contributed by atoms with van der Waals surface area (Å²) in [6.07, 6.45) is 3.29. The first-order valence-electron chi connectivity index (χ1n) is 11.5. The van der Waals surface area contributed by atoms with Gasteiger partial charge in [0.25, 0.3) is 0 Å². The van der Waals surface area contributed by atoms with Gasteiger partial charge in [-0.3, -0.25) is 0 Å². The molecule has 3 aromatic heterocycles. The van der Waals surface area contributed by atoms with Crippen molar-refractivity contribution in [1.82, 2.24) is 19.5 Å². The van der Waals surface area contributed by atoms with Crippen LogP contribution in [0.15, 0.2) is 48.9 Å². The summed E-state index contributed by atoms with van der Waals surface area (Å²) in [4.78, 5) is 12.9. The number of benzene rings is 1. The summed E-state index contributed by atoms with van der Waals surface area (Å²) >= 11 is 0. The van der Waals surface area contributed by atoms with Gasteiger partial charge in [0.15, 0.2) is 5.79 Å². The molecular formula is C25H27FN6O2. The molecular weight excluding hydrogens is 435 g/mol. The number of halogens is 1. The van der Waals surface area contributed by atoms with Crippen LogP contribution in [0.4, 0.5) is 16.0 Å². The molecule has 4 N–H and O–H groups in total. The first-order chi connectivity index (χ1) is 16.2. The van der Waals surface area contributed by atoms with Crippen LogP contribution in [0.2, 0.25) is 0 Å². The predicted octanol–water partition coefficient (Wildman–Crippen LogP) is 3.95. The molecule has 0 amide bonds. The van der Waals surface area contributed by atoms with Crippen LogP contribution >= 0.6 is 0 Å². The molecule has 0 unspecified atom stereocenters. The van der Waals surface area contributed by atoms with Gasteiger partial charge >= 0.3 is 0 Å². The molecule has 1 saturated heterocycles. The second-order valence-electron chi connectivity index (χ2n) is 9.81. The van der Waals surface area contributed by atoms with Gasteiger partial charge < -0.3 is 25.5 Å². The van der Waals surface area contributed by atoms with Crippen molar-refractivity contribution in [2.45, 2.75) is 62.8 Å². The first-order valence-corrected chi connectivity index (χ1v) is 11.5. The standard InChI is InChI=1S/C25H27FN6O2/c1-24(2)33-20-18(32-10-8-16-22(28)29-13-30-23(16)32)12-25(26,21(20)34-24)9-7-14-3-4-15-5-6-19(27)31-17(15)11-14/h3-6,8,10-11,13,18,20-21H,7,9,12H2,1-2H3,(H2,27,31)(H2,28,29,30)/t18-,20+,21+,25-/m1/s1. The minimum Gasteiger partial charge on any atom is -0.384 e. The third kappa shape index (κ3) is 3.38. The number of fused-ring (bicyclic) bond motifs is 3. The van der Waals surface area contributed by atoms with Crippen molar-refractivity contribution in [3.05, 3.63) is 54.5 Å². The van der Waals surface area contributed by atoms with Crippen molar-refractivity contribution in [3.8, 4) is 0 Å². The first kappa shape index (κ1) is 21.2. The van der Waals surface area contributed by atoms with Crippen molar-refractivity contribution < 1.29 is 13.9 Å². The van der Waals surface area contributed by atoms with Crippen molar-refractivity contribution in [2.75, 3.05) is 11.5 Å². The molecule has 4 atom stereocenters. The van der Waals surface area contributed by atoms with E-state index in [-0.39, 0.29) is 12.5 Å². The predicted molar refractivity (Wildman–Crippen MR) is 128 cm³/mol. The monoisotopic (exact) mass is 462 g/mol. The van der Waals surface area contributed by atoms with Gasteiger partial charge in [0.05, 0.1) is 16.9 Å². The van der Waals surface area contributed by atoms with E-state index in [0.717, 1.165) is 21.9 Å². The van der Waals surface area contributed by atoms with Crippen LogP contribution < -0.4 is 11.5 Å². The van der Waals surface area contributed by atoms with Crippen molar-refractivity contribution in [3.63, 3.8) is 0 Å². The molecule has 6 rings (SSSR count). The van der Waals surface area contributed by atoms with E-state index in [2.05, 4.69) is 15.0 Å². The number of nitrogens with two attached hydrogens (primary N) is 2. The van der Waals surface area contributed by atoms with Crippen LogP contribution in [-0.2, 0) is 15.9 Å². The summed E-state index contributed by atoms with van der Waals surface area (Å²) in [5, 5.41) is 1.75. The van der Waals surface area contributed by atoms with Gasteiger partial charge in [0.2, 0.25) is 0 Å². The Morgan fingerprint density at radius 1 is 1.12 bits per heavy atom. The van der Waals surface area contributed by atoms with Crippen molar-refractivity contribution in [2.24, 2.45) is 0 Å². The van der Waals surface area contributed by atoms with Gasteiger partial charge in [0, 0.05) is 18.0 Å². The molecule has 4 heterocycles. The number of rotatable bonds is 4.